The smallest absolute Gasteiger partial charge is 0.255 e. The van der Waals surface area contributed by atoms with Crippen LogP contribution in [-0.2, 0) is 6.54 Å². The lowest BCUT2D eigenvalue weighted by Gasteiger charge is -2.10. The zero-order valence-corrected chi connectivity index (χ0v) is 12.7. The molecule has 6 heteroatoms. The van der Waals surface area contributed by atoms with Crippen molar-refractivity contribution in [3.05, 3.63) is 46.5 Å². The molecule has 0 saturated heterocycles. The molecule has 2 rings (SSSR count). The minimum atomic E-state index is -0.168. The number of anilines is 1. The van der Waals surface area contributed by atoms with E-state index >= 15 is 0 Å². The summed E-state index contributed by atoms with van der Waals surface area (Å²) in [6.07, 6.45) is 5.82. The Bertz CT molecular complexity index is 570. The maximum absolute atomic E-state index is 12.2. The Morgan fingerprint density at radius 1 is 1.50 bits per heavy atom. The van der Waals surface area contributed by atoms with Gasteiger partial charge in [-0.2, -0.15) is 0 Å². The lowest BCUT2D eigenvalue weighted by Crippen LogP contribution is -2.24. The van der Waals surface area contributed by atoms with E-state index in [2.05, 4.69) is 38.5 Å². The molecule has 2 aromatic rings. The molecule has 0 aliphatic rings. The van der Waals surface area contributed by atoms with Gasteiger partial charge in [-0.25, -0.2) is 4.98 Å². The van der Waals surface area contributed by atoms with Crippen LogP contribution >= 0.6 is 15.9 Å². The lowest BCUT2D eigenvalue weighted by atomic mass is 10.2. The summed E-state index contributed by atoms with van der Waals surface area (Å²) in [5.74, 6) is 0.429. The number of carbonyl (C=O) groups excluding carboxylic acids is 1. The van der Waals surface area contributed by atoms with Crippen LogP contribution in [0.5, 0.6) is 0 Å². The average molecular weight is 338 g/mol. The third-order valence-electron chi connectivity index (χ3n) is 2.67. The molecule has 0 saturated carbocycles. The van der Waals surface area contributed by atoms with Gasteiger partial charge in [-0.05, 0) is 34.5 Å². The summed E-state index contributed by atoms with van der Waals surface area (Å²) in [4.78, 5) is 16.5. The molecule has 1 amide bonds. The first-order valence-electron chi connectivity index (χ1n) is 6.39. The fourth-order valence-corrected chi connectivity index (χ4v) is 2.00. The van der Waals surface area contributed by atoms with Crippen molar-refractivity contribution >= 4 is 27.7 Å². The number of carbonyl (C=O) groups is 1. The molecule has 2 aromatic heterocycles. The number of nitrogens with zero attached hydrogens (tertiary/aromatic N) is 1. The first kappa shape index (κ1) is 14.6. The molecular formula is C14H16BrN3O2. The molecule has 0 radical (unpaired) electrons. The van der Waals surface area contributed by atoms with Crippen LogP contribution < -0.4 is 10.6 Å². The van der Waals surface area contributed by atoms with Crippen LogP contribution in [0.3, 0.4) is 0 Å². The highest BCUT2D eigenvalue weighted by Gasteiger charge is 2.13. The molecule has 2 N–H and O–H groups in total. The van der Waals surface area contributed by atoms with Crippen molar-refractivity contribution in [3.8, 4) is 0 Å². The number of nitrogens with one attached hydrogen (secondary N) is 2. The number of halogens is 1. The minimum Gasteiger partial charge on any atom is -0.472 e. The number of hydrogen-bond acceptors (Lipinski definition) is 4. The van der Waals surface area contributed by atoms with Gasteiger partial charge in [-0.15, -0.1) is 0 Å². The highest BCUT2D eigenvalue weighted by molar-refractivity contribution is 9.10. The summed E-state index contributed by atoms with van der Waals surface area (Å²) < 4.78 is 5.74. The quantitative estimate of drug-likeness (QED) is 0.849. The van der Waals surface area contributed by atoms with Crippen LogP contribution in [0.4, 0.5) is 5.82 Å². The van der Waals surface area contributed by atoms with E-state index in [0.29, 0.717) is 17.9 Å². The van der Waals surface area contributed by atoms with E-state index in [1.807, 2.05) is 6.07 Å². The fourth-order valence-electron chi connectivity index (χ4n) is 1.67. The Morgan fingerprint density at radius 3 is 3.05 bits per heavy atom. The van der Waals surface area contributed by atoms with Crippen LogP contribution in [0.2, 0.25) is 0 Å². The molecule has 5 nitrogen and oxygen atoms in total. The van der Waals surface area contributed by atoms with Crippen molar-refractivity contribution < 1.29 is 9.21 Å². The number of aromatic nitrogens is 1. The normalized spacial score (nSPS) is 10.3. The Morgan fingerprint density at radius 2 is 2.35 bits per heavy atom. The number of hydrogen-bond donors (Lipinski definition) is 2. The van der Waals surface area contributed by atoms with E-state index in [1.54, 1.807) is 24.8 Å². The van der Waals surface area contributed by atoms with Gasteiger partial charge in [0.2, 0.25) is 0 Å². The van der Waals surface area contributed by atoms with Gasteiger partial charge in [-0.3, -0.25) is 4.79 Å². The molecule has 0 aliphatic carbocycles. The molecule has 0 aromatic carbocycles. The van der Waals surface area contributed by atoms with Crippen molar-refractivity contribution in [1.82, 2.24) is 10.3 Å². The van der Waals surface area contributed by atoms with Crippen molar-refractivity contribution in [2.24, 2.45) is 0 Å². The summed E-state index contributed by atoms with van der Waals surface area (Å²) in [7, 11) is 0. The van der Waals surface area contributed by atoms with Crippen LogP contribution in [0.1, 0.15) is 29.3 Å². The van der Waals surface area contributed by atoms with E-state index < -0.39 is 0 Å². The van der Waals surface area contributed by atoms with E-state index in [9.17, 15) is 4.79 Å². The largest absolute Gasteiger partial charge is 0.472 e. The highest BCUT2D eigenvalue weighted by atomic mass is 79.9. The number of amides is 1. The molecule has 0 atom stereocenters. The van der Waals surface area contributed by atoms with Gasteiger partial charge in [0, 0.05) is 29.3 Å². The van der Waals surface area contributed by atoms with E-state index in [-0.39, 0.29) is 5.91 Å². The van der Waals surface area contributed by atoms with E-state index in [4.69, 9.17) is 4.42 Å². The Balaban J connectivity index is 2.08. The van der Waals surface area contributed by atoms with Crippen LogP contribution in [0.15, 0.2) is 39.7 Å². The monoisotopic (exact) mass is 337 g/mol. The maximum Gasteiger partial charge on any atom is 0.255 e. The predicted octanol–water partition coefficient (Wildman–Crippen LogP) is 3.19. The van der Waals surface area contributed by atoms with Gasteiger partial charge < -0.3 is 15.1 Å². The summed E-state index contributed by atoms with van der Waals surface area (Å²) in [5.41, 5.74) is 1.45. The highest BCUT2D eigenvalue weighted by Crippen LogP contribution is 2.18. The van der Waals surface area contributed by atoms with E-state index in [1.165, 1.54) is 0 Å². The zero-order valence-electron chi connectivity index (χ0n) is 11.1. The SMILES string of the molecule is CCCNc1ncc(Br)cc1C(=O)NCc1ccoc1. The molecule has 0 aliphatic heterocycles. The maximum atomic E-state index is 12.2. The predicted molar refractivity (Wildman–Crippen MR) is 80.6 cm³/mol. The van der Waals surface area contributed by atoms with Crippen molar-refractivity contribution in [3.63, 3.8) is 0 Å². The Labute approximate surface area is 125 Å². The number of pyridine rings is 1. The average Bonchev–Trinajstić information content (AvgIpc) is 2.96. The summed E-state index contributed by atoms with van der Waals surface area (Å²) in [6.45, 7) is 3.26. The third-order valence-corrected chi connectivity index (χ3v) is 3.11. The Kier molecular flexibility index (Phi) is 5.17. The number of rotatable bonds is 6. The van der Waals surface area contributed by atoms with E-state index in [0.717, 1.165) is 23.0 Å². The van der Waals surface area contributed by atoms with Gasteiger partial charge >= 0.3 is 0 Å². The van der Waals surface area contributed by atoms with Gasteiger partial charge in [-0.1, -0.05) is 6.92 Å². The third kappa shape index (κ3) is 3.84. The van der Waals surface area contributed by atoms with Gasteiger partial charge in [0.05, 0.1) is 18.1 Å². The summed E-state index contributed by atoms with van der Waals surface area (Å²) in [5, 5.41) is 6.00. The second-order valence-corrected chi connectivity index (χ2v) is 5.21. The molecule has 0 spiro atoms. The minimum absolute atomic E-state index is 0.168. The van der Waals surface area contributed by atoms with Gasteiger partial charge in [0.1, 0.15) is 5.82 Å². The van der Waals surface area contributed by atoms with Crippen molar-refractivity contribution in [2.75, 3.05) is 11.9 Å². The molecule has 0 fully saturated rings. The van der Waals surface area contributed by atoms with Crippen molar-refractivity contribution in [2.45, 2.75) is 19.9 Å². The molecule has 20 heavy (non-hydrogen) atoms. The Hall–Kier alpha value is -1.82. The molecule has 106 valence electrons. The molecule has 0 bridgehead atoms. The summed E-state index contributed by atoms with van der Waals surface area (Å²) in [6, 6.07) is 3.57. The summed E-state index contributed by atoms with van der Waals surface area (Å²) >= 11 is 3.34. The van der Waals surface area contributed by atoms with Gasteiger partial charge in [0.15, 0.2) is 0 Å². The van der Waals surface area contributed by atoms with Crippen LogP contribution in [0, 0.1) is 0 Å². The first-order valence-corrected chi connectivity index (χ1v) is 7.18. The molecular weight excluding hydrogens is 322 g/mol. The first-order chi connectivity index (χ1) is 9.70. The van der Waals surface area contributed by atoms with Crippen LogP contribution in [0.25, 0.3) is 0 Å². The second-order valence-electron chi connectivity index (χ2n) is 4.29. The van der Waals surface area contributed by atoms with Gasteiger partial charge in [0.25, 0.3) is 5.91 Å². The topological polar surface area (TPSA) is 67.2 Å². The fraction of sp³-hybridized carbons (Fsp3) is 0.286. The molecule has 2 heterocycles. The standard InChI is InChI=1S/C14H16BrN3O2/c1-2-4-16-13-12(6-11(15)8-17-13)14(19)18-7-10-3-5-20-9-10/h3,5-6,8-9H,2,4,7H2,1H3,(H,16,17)(H,18,19). The lowest BCUT2D eigenvalue weighted by molar-refractivity contribution is 0.0951. The zero-order chi connectivity index (χ0) is 14.4. The number of furan rings is 1. The van der Waals surface area contributed by atoms with Crippen molar-refractivity contribution in [1.29, 1.82) is 0 Å². The second kappa shape index (κ2) is 7.09. The molecule has 0 unspecified atom stereocenters. The van der Waals surface area contributed by atoms with Crippen LogP contribution in [-0.4, -0.2) is 17.4 Å².